The maximum atomic E-state index is 5.68. The Kier molecular flexibility index (Phi) is 8.98. The summed E-state index contributed by atoms with van der Waals surface area (Å²) >= 11 is 0. The molecule has 1 aromatic carbocycles. The van der Waals surface area contributed by atoms with E-state index in [2.05, 4.69) is 46.0 Å². The summed E-state index contributed by atoms with van der Waals surface area (Å²) in [6, 6.07) is 11.2. The van der Waals surface area contributed by atoms with Crippen molar-refractivity contribution < 1.29 is 9.47 Å². The number of benzene rings is 1. The molecule has 0 amide bonds. The lowest BCUT2D eigenvalue weighted by Crippen LogP contribution is -2.39. The molecular formula is C19H30IN3O2. The lowest BCUT2D eigenvalue weighted by molar-refractivity contribution is 0.0168. The molecule has 0 spiro atoms. The molecule has 3 unspecified atom stereocenters. The quantitative estimate of drug-likeness (QED) is 0.272. The molecule has 6 heteroatoms. The minimum atomic E-state index is 0. The standard InChI is InChI=1S/C19H29N3O2.HI/c1-20-19(21-10-6-11-23-14-16-9-5-12-24-16)22-18-13-17(18)15-7-3-2-4-8-15;/h2-4,7-8,16-18H,5-6,9-14H2,1H3,(H2,20,21,22);1H. The molecule has 1 saturated carbocycles. The summed E-state index contributed by atoms with van der Waals surface area (Å²) in [6.45, 7) is 3.25. The van der Waals surface area contributed by atoms with E-state index in [0.29, 0.717) is 18.1 Å². The second-order valence-electron chi connectivity index (χ2n) is 6.57. The maximum absolute atomic E-state index is 5.68. The molecule has 2 fully saturated rings. The normalized spacial score (nSPS) is 25.3. The summed E-state index contributed by atoms with van der Waals surface area (Å²) < 4.78 is 11.2. The van der Waals surface area contributed by atoms with E-state index in [-0.39, 0.29) is 24.0 Å². The first-order chi connectivity index (χ1) is 11.9. The van der Waals surface area contributed by atoms with Gasteiger partial charge in [-0.15, -0.1) is 24.0 Å². The zero-order valence-electron chi connectivity index (χ0n) is 14.9. The third-order valence-electron chi connectivity index (χ3n) is 4.65. The molecule has 3 atom stereocenters. The Morgan fingerprint density at radius 3 is 2.88 bits per heavy atom. The number of rotatable bonds is 8. The summed E-state index contributed by atoms with van der Waals surface area (Å²) in [6.07, 6.45) is 4.77. The summed E-state index contributed by atoms with van der Waals surface area (Å²) in [5, 5.41) is 6.87. The number of hydrogen-bond donors (Lipinski definition) is 2. The van der Waals surface area contributed by atoms with Crippen LogP contribution in [-0.4, -0.2) is 51.5 Å². The van der Waals surface area contributed by atoms with Crippen LogP contribution in [0.5, 0.6) is 0 Å². The van der Waals surface area contributed by atoms with Crippen LogP contribution in [0.25, 0.3) is 0 Å². The van der Waals surface area contributed by atoms with Crippen LogP contribution in [0.2, 0.25) is 0 Å². The van der Waals surface area contributed by atoms with Crippen molar-refractivity contribution in [1.82, 2.24) is 10.6 Å². The van der Waals surface area contributed by atoms with E-state index in [4.69, 9.17) is 9.47 Å². The molecule has 1 saturated heterocycles. The first-order valence-electron chi connectivity index (χ1n) is 9.08. The fourth-order valence-corrected chi connectivity index (χ4v) is 3.16. The van der Waals surface area contributed by atoms with Crippen LogP contribution in [0.3, 0.4) is 0 Å². The summed E-state index contributed by atoms with van der Waals surface area (Å²) in [7, 11) is 1.82. The van der Waals surface area contributed by atoms with Crippen LogP contribution in [0.1, 0.15) is 37.2 Å². The summed E-state index contributed by atoms with van der Waals surface area (Å²) in [5.41, 5.74) is 1.41. The molecule has 2 N–H and O–H groups in total. The number of halogens is 1. The van der Waals surface area contributed by atoms with Gasteiger partial charge in [0.1, 0.15) is 0 Å². The molecule has 25 heavy (non-hydrogen) atoms. The second-order valence-corrected chi connectivity index (χ2v) is 6.57. The number of ether oxygens (including phenoxy) is 2. The Labute approximate surface area is 168 Å². The van der Waals surface area contributed by atoms with Crippen molar-refractivity contribution in [1.29, 1.82) is 0 Å². The highest BCUT2D eigenvalue weighted by Gasteiger charge is 2.38. The number of aliphatic imine (C=N–C) groups is 1. The highest BCUT2D eigenvalue weighted by atomic mass is 127. The molecule has 1 heterocycles. The summed E-state index contributed by atoms with van der Waals surface area (Å²) in [4.78, 5) is 4.31. The first-order valence-corrected chi connectivity index (χ1v) is 9.08. The first kappa shape index (κ1) is 20.5. The van der Waals surface area contributed by atoms with Crippen molar-refractivity contribution >= 4 is 29.9 Å². The largest absolute Gasteiger partial charge is 0.379 e. The molecule has 1 aliphatic heterocycles. The van der Waals surface area contributed by atoms with Gasteiger partial charge in [-0.05, 0) is 31.2 Å². The Bertz CT molecular complexity index is 521. The number of nitrogens with one attached hydrogen (secondary N) is 2. The van der Waals surface area contributed by atoms with Crippen molar-refractivity contribution in [3.63, 3.8) is 0 Å². The number of nitrogens with zero attached hydrogens (tertiary/aromatic N) is 1. The average Bonchev–Trinajstić information content (AvgIpc) is 3.19. The van der Waals surface area contributed by atoms with E-state index in [1.165, 1.54) is 18.4 Å². The van der Waals surface area contributed by atoms with Gasteiger partial charge >= 0.3 is 0 Å². The van der Waals surface area contributed by atoms with Gasteiger partial charge in [-0.1, -0.05) is 30.3 Å². The Morgan fingerprint density at radius 2 is 2.16 bits per heavy atom. The van der Waals surface area contributed by atoms with Gasteiger partial charge in [0.25, 0.3) is 0 Å². The van der Waals surface area contributed by atoms with Gasteiger partial charge in [0.15, 0.2) is 5.96 Å². The van der Waals surface area contributed by atoms with Crippen molar-refractivity contribution in [2.75, 3.05) is 33.4 Å². The predicted molar refractivity (Wildman–Crippen MR) is 112 cm³/mol. The Hall–Kier alpha value is -0.860. The van der Waals surface area contributed by atoms with E-state index in [1.807, 2.05) is 7.05 Å². The lowest BCUT2D eigenvalue weighted by atomic mass is 10.1. The number of hydrogen-bond acceptors (Lipinski definition) is 3. The molecule has 2 aliphatic rings. The third-order valence-corrected chi connectivity index (χ3v) is 4.65. The molecule has 1 aromatic rings. The van der Waals surface area contributed by atoms with Crippen LogP contribution in [0, 0.1) is 0 Å². The molecule has 5 nitrogen and oxygen atoms in total. The van der Waals surface area contributed by atoms with Crippen molar-refractivity contribution in [2.24, 2.45) is 4.99 Å². The zero-order chi connectivity index (χ0) is 16.6. The van der Waals surface area contributed by atoms with E-state index in [9.17, 15) is 0 Å². The van der Waals surface area contributed by atoms with Crippen LogP contribution in [-0.2, 0) is 9.47 Å². The molecule has 0 radical (unpaired) electrons. The average molecular weight is 459 g/mol. The minimum Gasteiger partial charge on any atom is -0.379 e. The predicted octanol–water partition coefficient (Wildman–Crippen LogP) is 2.91. The van der Waals surface area contributed by atoms with Gasteiger partial charge < -0.3 is 20.1 Å². The van der Waals surface area contributed by atoms with Crippen molar-refractivity contribution in [2.45, 2.75) is 43.7 Å². The highest BCUT2D eigenvalue weighted by Crippen LogP contribution is 2.40. The minimum absolute atomic E-state index is 0. The Morgan fingerprint density at radius 1 is 1.32 bits per heavy atom. The van der Waals surface area contributed by atoms with Crippen LogP contribution >= 0.6 is 24.0 Å². The zero-order valence-corrected chi connectivity index (χ0v) is 17.3. The van der Waals surface area contributed by atoms with Gasteiger partial charge in [-0.25, -0.2) is 0 Å². The van der Waals surface area contributed by atoms with Gasteiger partial charge in [0, 0.05) is 38.8 Å². The van der Waals surface area contributed by atoms with Gasteiger partial charge in [0.05, 0.1) is 12.7 Å². The third kappa shape index (κ3) is 6.75. The lowest BCUT2D eigenvalue weighted by Gasteiger charge is -2.13. The van der Waals surface area contributed by atoms with Crippen molar-refractivity contribution in [3.05, 3.63) is 35.9 Å². The van der Waals surface area contributed by atoms with Gasteiger partial charge in [0.2, 0.25) is 0 Å². The molecule has 3 rings (SSSR count). The van der Waals surface area contributed by atoms with Crippen molar-refractivity contribution in [3.8, 4) is 0 Å². The van der Waals surface area contributed by atoms with Crippen LogP contribution in [0.15, 0.2) is 35.3 Å². The van der Waals surface area contributed by atoms with Crippen LogP contribution in [0.4, 0.5) is 0 Å². The van der Waals surface area contributed by atoms with Gasteiger partial charge in [-0.2, -0.15) is 0 Å². The smallest absolute Gasteiger partial charge is 0.191 e. The van der Waals surface area contributed by atoms with E-state index < -0.39 is 0 Å². The fourth-order valence-electron chi connectivity index (χ4n) is 3.16. The SMILES string of the molecule is CN=C(NCCCOCC1CCCO1)NC1CC1c1ccccc1.I. The molecule has 140 valence electrons. The maximum Gasteiger partial charge on any atom is 0.191 e. The highest BCUT2D eigenvalue weighted by molar-refractivity contribution is 14.0. The van der Waals surface area contributed by atoms with E-state index in [1.54, 1.807) is 0 Å². The summed E-state index contributed by atoms with van der Waals surface area (Å²) in [5.74, 6) is 1.50. The van der Waals surface area contributed by atoms with E-state index >= 15 is 0 Å². The van der Waals surface area contributed by atoms with Gasteiger partial charge in [-0.3, -0.25) is 4.99 Å². The monoisotopic (exact) mass is 459 g/mol. The van der Waals surface area contributed by atoms with E-state index in [0.717, 1.165) is 45.2 Å². The fraction of sp³-hybridized carbons (Fsp3) is 0.632. The molecule has 0 bridgehead atoms. The second kappa shape index (κ2) is 11.0. The molecule has 1 aliphatic carbocycles. The molecule has 0 aromatic heterocycles. The van der Waals surface area contributed by atoms with Crippen LogP contribution < -0.4 is 10.6 Å². The topological polar surface area (TPSA) is 54.9 Å². The molecular weight excluding hydrogens is 429 g/mol. The Balaban J connectivity index is 0.00000225. The number of guanidine groups is 1.